The molecule has 1 heterocycles. The minimum absolute atomic E-state index is 0.222. The van der Waals surface area contributed by atoms with Crippen LogP contribution in [0.15, 0.2) is 12.1 Å². The lowest BCUT2D eigenvalue weighted by Crippen LogP contribution is -2.07. The van der Waals surface area contributed by atoms with Crippen molar-refractivity contribution >= 4 is 11.6 Å². The highest BCUT2D eigenvalue weighted by atomic mass is 35.5. The molecule has 0 bridgehead atoms. The molecule has 0 saturated heterocycles. The molecule has 0 amide bonds. The van der Waals surface area contributed by atoms with Crippen molar-refractivity contribution < 1.29 is 13.2 Å². The average Bonchev–Trinajstić information content (AvgIpc) is 2.47. The molecule has 0 radical (unpaired) electrons. The van der Waals surface area contributed by atoms with Crippen LogP contribution in [-0.4, -0.2) is 0 Å². The van der Waals surface area contributed by atoms with Crippen LogP contribution in [0, 0.1) is 0 Å². The van der Waals surface area contributed by atoms with Crippen molar-refractivity contribution in [2.75, 3.05) is 0 Å². The molecule has 5 heteroatoms. The number of benzene rings is 1. The molecular weight excluding hydrogens is 215 g/mol. The van der Waals surface area contributed by atoms with Crippen molar-refractivity contribution in [3.63, 3.8) is 0 Å². The summed E-state index contributed by atoms with van der Waals surface area (Å²) < 4.78 is 37.2. The first-order chi connectivity index (χ1) is 6.48. The van der Waals surface area contributed by atoms with E-state index in [4.69, 9.17) is 11.6 Å². The van der Waals surface area contributed by atoms with Gasteiger partial charge in [0.1, 0.15) is 0 Å². The standard InChI is InChI=1S/C9H7ClF3N/c10-8-2-6-4-14-3-5(6)1-7(8)9(11,12)13/h1-2,14H,3-4H2. The summed E-state index contributed by atoms with van der Waals surface area (Å²) >= 11 is 5.54. The second-order valence-corrected chi connectivity index (χ2v) is 3.61. The Morgan fingerprint density at radius 1 is 1.14 bits per heavy atom. The van der Waals surface area contributed by atoms with Crippen LogP contribution in [0.4, 0.5) is 13.2 Å². The Morgan fingerprint density at radius 2 is 1.71 bits per heavy atom. The first-order valence-corrected chi connectivity index (χ1v) is 4.45. The molecule has 0 saturated carbocycles. The van der Waals surface area contributed by atoms with Gasteiger partial charge in [0.2, 0.25) is 0 Å². The van der Waals surface area contributed by atoms with Gasteiger partial charge in [0.05, 0.1) is 10.6 Å². The molecule has 1 aliphatic heterocycles. The summed E-state index contributed by atoms with van der Waals surface area (Å²) in [6.45, 7) is 1.07. The van der Waals surface area contributed by atoms with Crippen LogP contribution < -0.4 is 5.32 Å². The fourth-order valence-corrected chi connectivity index (χ4v) is 1.83. The van der Waals surface area contributed by atoms with Gasteiger partial charge < -0.3 is 5.32 Å². The fraction of sp³-hybridized carbons (Fsp3) is 0.333. The van der Waals surface area contributed by atoms with Crippen LogP contribution in [0.2, 0.25) is 5.02 Å². The maximum Gasteiger partial charge on any atom is 0.417 e. The molecule has 0 unspecified atom stereocenters. The minimum Gasteiger partial charge on any atom is -0.309 e. The van der Waals surface area contributed by atoms with Crippen LogP contribution in [0.25, 0.3) is 0 Å². The van der Waals surface area contributed by atoms with Crippen molar-refractivity contribution in [1.82, 2.24) is 5.32 Å². The number of hydrogen-bond donors (Lipinski definition) is 1. The summed E-state index contributed by atoms with van der Waals surface area (Å²) in [6, 6.07) is 2.51. The van der Waals surface area contributed by atoms with E-state index >= 15 is 0 Å². The van der Waals surface area contributed by atoms with Crippen LogP contribution in [0.1, 0.15) is 16.7 Å². The van der Waals surface area contributed by atoms with Crippen molar-refractivity contribution in [2.24, 2.45) is 0 Å². The Balaban J connectivity index is 2.53. The summed E-state index contributed by atoms with van der Waals surface area (Å²) in [5.74, 6) is 0. The van der Waals surface area contributed by atoms with Gasteiger partial charge in [0.25, 0.3) is 0 Å². The molecule has 14 heavy (non-hydrogen) atoms. The summed E-state index contributed by atoms with van der Waals surface area (Å²) in [6.07, 6.45) is -4.37. The first kappa shape index (κ1) is 9.80. The summed E-state index contributed by atoms with van der Waals surface area (Å²) in [5.41, 5.74) is 0.784. The van der Waals surface area contributed by atoms with Crippen LogP contribution in [-0.2, 0) is 19.3 Å². The van der Waals surface area contributed by atoms with Gasteiger partial charge in [-0.15, -0.1) is 0 Å². The van der Waals surface area contributed by atoms with Gasteiger partial charge in [0.15, 0.2) is 0 Å². The van der Waals surface area contributed by atoms with E-state index < -0.39 is 11.7 Å². The zero-order valence-corrected chi connectivity index (χ0v) is 7.84. The molecule has 1 N–H and O–H groups in total. The van der Waals surface area contributed by atoms with Gasteiger partial charge in [-0.2, -0.15) is 13.2 Å². The van der Waals surface area contributed by atoms with E-state index in [1.807, 2.05) is 0 Å². The van der Waals surface area contributed by atoms with E-state index in [0.717, 1.165) is 11.6 Å². The lowest BCUT2D eigenvalue weighted by molar-refractivity contribution is -0.137. The molecule has 0 aromatic heterocycles. The zero-order valence-electron chi connectivity index (χ0n) is 7.08. The lowest BCUT2D eigenvalue weighted by atomic mass is 10.1. The molecule has 0 fully saturated rings. The summed E-state index contributed by atoms with van der Waals surface area (Å²) in [5, 5.41) is 2.75. The number of alkyl halides is 3. The highest BCUT2D eigenvalue weighted by Crippen LogP contribution is 2.37. The predicted molar refractivity (Wildman–Crippen MR) is 47.0 cm³/mol. The summed E-state index contributed by atoms with van der Waals surface area (Å²) in [7, 11) is 0. The highest BCUT2D eigenvalue weighted by Gasteiger charge is 2.34. The van der Waals surface area contributed by atoms with E-state index in [0.29, 0.717) is 18.7 Å². The Morgan fingerprint density at radius 3 is 2.29 bits per heavy atom. The summed E-state index contributed by atoms with van der Waals surface area (Å²) in [4.78, 5) is 0. The maximum absolute atomic E-state index is 12.4. The van der Waals surface area contributed by atoms with Crippen molar-refractivity contribution in [2.45, 2.75) is 19.3 Å². The van der Waals surface area contributed by atoms with Gasteiger partial charge in [-0.25, -0.2) is 0 Å². The number of rotatable bonds is 0. The molecular formula is C9H7ClF3N. The third-order valence-electron chi connectivity index (χ3n) is 2.23. The van der Waals surface area contributed by atoms with Crippen molar-refractivity contribution in [3.8, 4) is 0 Å². The number of hydrogen-bond acceptors (Lipinski definition) is 1. The number of fused-ring (bicyclic) bond motifs is 1. The molecule has 1 nitrogen and oxygen atoms in total. The van der Waals surface area contributed by atoms with Gasteiger partial charge in [0, 0.05) is 13.1 Å². The molecule has 0 aliphatic carbocycles. The zero-order chi connectivity index (χ0) is 10.3. The van der Waals surface area contributed by atoms with E-state index in [9.17, 15) is 13.2 Å². The van der Waals surface area contributed by atoms with Crippen molar-refractivity contribution in [1.29, 1.82) is 0 Å². The second kappa shape index (κ2) is 3.14. The predicted octanol–water partition coefficient (Wildman–Crippen LogP) is 2.96. The molecule has 1 aromatic rings. The first-order valence-electron chi connectivity index (χ1n) is 4.07. The number of nitrogens with one attached hydrogen (secondary N) is 1. The van der Waals surface area contributed by atoms with E-state index in [2.05, 4.69) is 5.32 Å². The van der Waals surface area contributed by atoms with E-state index in [1.54, 1.807) is 0 Å². The minimum atomic E-state index is -4.37. The van der Waals surface area contributed by atoms with Gasteiger partial charge in [-0.05, 0) is 23.3 Å². The van der Waals surface area contributed by atoms with Gasteiger partial charge >= 0.3 is 6.18 Å². The Labute approximate surface area is 83.9 Å². The van der Waals surface area contributed by atoms with Gasteiger partial charge in [-0.1, -0.05) is 11.6 Å². The Kier molecular flexibility index (Phi) is 2.20. The van der Waals surface area contributed by atoms with E-state index in [-0.39, 0.29) is 5.02 Å². The fourth-order valence-electron chi connectivity index (χ4n) is 1.54. The third-order valence-corrected chi connectivity index (χ3v) is 2.54. The highest BCUT2D eigenvalue weighted by molar-refractivity contribution is 6.31. The molecule has 1 aliphatic rings. The monoisotopic (exact) mass is 221 g/mol. The van der Waals surface area contributed by atoms with E-state index in [1.165, 1.54) is 6.07 Å². The van der Waals surface area contributed by atoms with Crippen LogP contribution in [0.3, 0.4) is 0 Å². The third kappa shape index (κ3) is 1.60. The topological polar surface area (TPSA) is 12.0 Å². The van der Waals surface area contributed by atoms with Crippen molar-refractivity contribution in [3.05, 3.63) is 33.8 Å². The quantitative estimate of drug-likeness (QED) is 0.710. The van der Waals surface area contributed by atoms with Crippen LogP contribution in [0.5, 0.6) is 0 Å². The Bertz CT molecular complexity index is 373. The van der Waals surface area contributed by atoms with Crippen LogP contribution >= 0.6 is 11.6 Å². The smallest absolute Gasteiger partial charge is 0.309 e. The SMILES string of the molecule is FC(F)(F)c1cc2c(cc1Cl)CNC2. The Hall–Kier alpha value is -0.740. The molecule has 0 atom stereocenters. The normalized spacial score (nSPS) is 15.7. The lowest BCUT2D eigenvalue weighted by Gasteiger charge is -2.10. The molecule has 0 spiro atoms. The average molecular weight is 222 g/mol. The molecule has 2 rings (SSSR count). The maximum atomic E-state index is 12.4. The molecule has 76 valence electrons. The second-order valence-electron chi connectivity index (χ2n) is 3.20. The number of halogens is 4. The van der Waals surface area contributed by atoms with Gasteiger partial charge in [-0.3, -0.25) is 0 Å². The largest absolute Gasteiger partial charge is 0.417 e. The molecule has 1 aromatic carbocycles.